The molecule has 2 unspecified atom stereocenters. The van der Waals surface area contributed by atoms with Crippen LogP contribution in [0.5, 0.6) is 11.5 Å². The SMILES string of the molecule is COc1cccc2c1OC1(C(=O)O)CC2Nc2n[nH]c(-c3ccc(Br)cc3)c21. The Bertz CT molecular complexity index is 1100. The van der Waals surface area contributed by atoms with Crippen LogP contribution in [0.1, 0.15) is 23.6 Å². The highest BCUT2D eigenvalue weighted by molar-refractivity contribution is 9.10. The Balaban J connectivity index is 1.73. The maximum Gasteiger partial charge on any atom is 0.353 e. The van der Waals surface area contributed by atoms with Gasteiger partial charge in [0.2, 0.25) is 5.60 Å². The molecule has 2 bridgehead atoms. The lowest BCUT2D eigenvalue weighted by atomic mass is 9.78. The van der Waals surface area contributed by atoms with E-state index in [-0.39, 0.29) is 12.5 Å². The lowest BCUT2D eigenvalue weighted by molar-refractivity contribution is -0.159. The Morgan fingerprint density at radius 1 is 1.32 bits per heavy atom. The average molecular weight is 442 g/mol. The number of benzene rings is 2. The van der Waals surface area contributed by atoms with Crippen molar-refractivity contribution in [2.45, 2.75) is 18.1 Å². The number of methoxy groups -OCH3 is 1. The second-order valence-electron chi connectivity index (χ2n) is 6.84. The predicted molar refractivity (Wildman–Crippen MR) is 106 cm³/mol. The first-order chi connectivity index (χ1) is 13.5. The summed E-state index contributed by atoms with van der Waals surface area (Å²) in [5, 5.41) is 21.0. The van der Waals surface area contributed by atoms with Crippen LogP contribution in [0.4, 0.5) is 5.82 Å². The van der Waals surface area contributed by atoms with Crippen molar-refractivity contribution < 1.29 is 19.4 Å². The highest BCUT2D eigenvalue weighted by atomic mass is 79.9. The highest BCUT2D eigenvalue weighted by Gasteiger charge is 2.56. The number of fused-ring (bicyclic) bond motifs is 6. The molecule has 0 spiro atoms. The van der Waals surface area contributed by atoms with Gasteiger partial charge in [0, 0.05) is 22.0 Å². The van der Waals surface area contributed by atoms with Crippen molar-refractivity contribution >= 4 is 27.7 Å². The molecular formula is C20H16BrN3O4. The number of aromatic nitrogens is 2. The van der Waals surface area contributed by atoms with E-state index in [0.29, 0.717) is 28.6 Å². The number of H-pyrrole nitrogens is 1. The summed E-state index contributed by atoms with van der Waals surface area (Å²) in [7, 11) is 1.54. The van der Waals surface area contributed by atoms with E-state index in [1.165, 1.54) is 0 Å². The van der Waals surface area contributed by atoms with E-state index in [0.717, 1.165) is 15.6 Å². The van der Waals surface area contributed by atoms with Crippen LogP contribution >= 0.6 is 15.9 Å². The zero-order valence-electron chi connectivity index (χ0n) is 14.8. The van der Waals surface area contributed by atoms with Gasteiger partial charge in [-0.25, -0.2) is 4.79 Å². The molecule has 1 aromatic heterocycles. The first-order valence-electron chi connectivity index (χ1n) is 8.74. The van der Waals surface area contributed by atoms with E-state index in [4.69, 9.17) is 9.47 Å². The minimum absolute atomic E-state index is 0.247. The summed E-state index contributed by atoms with van der Waals surface area (Å²) in [5.41, 5.74) is 1.23. The molecule has 3 heterocycles. The van der Waals surface area contributed by atoms with Crippen molar-refractivity contribution in [2.24, 2.45) is 0 Å². The smallest absolute Gasteiger partial charge is 0.353 e. The number of hydrogen-bond acceptors (Lipinski definition) is 5. The molecule has 0 amide bonds. The number of nitrogens with one attached hydrogen (secondary N) is 2. The van der Waals surface area contributed by atoms with Gasteiger partial charge in [-0.05, 0) is 18.2 Å². The van der Waals surface area contributed by atoms with E-state index >= 15 is 0 Å². The number of carboxylic acid groups (broad SMARTS) is 1. The van der Waals surface area contributed by atoms with Gasteiger partial charge in [-0.15, -0.1) is 0 Å². The van der Waals surface area contributed by atoms with E-state index in [2.05, 4.69) is 31.4 Å². The van der Waals surface area contributed by atoms with Gasteiger partial charge in [-0.2, -0.15) is 5.10 Å². The van der Waals surface area contributed by atoms with Crippen molar-refractivity contribution in [3.8, 4) is 22.8 Å². The molecule has 2 aliphatic rings. The normalized spacial score (nSPS) is 21.7. The van der Waals surface area contributed by atoms with E-state index < -0.39 is 11.6 Å². The third-order valence-electron chi connectivity index (χ3n) is 5.33. The Morgan fingerprint density at radius 2 is 2.11 bits per heavy atom. The topological polar surface area (TPSA) is 96.5 Å². The number of para-hydroxylation sites is 1. The molecule has 0 saturated heterocycles. The molecule has 5 rings (SSSR count). The van der Waals surface area contributed by atoms with E-state index in [9.17, 15) is 9.90 Å². The van der Waals surface area contributed by atoms with E-state index in [1.54, 1.807) is 13.2 Å². The number of ether oxygens (including phenoxy) is 2. The summed E-state index contributed by atoms with van der Waals surface area (Å²) < 4.78 is 12.6. The number of carboxylic acids is 1. The number of carbonyl (C=O) groups is 1. The molecule has 2 aromatic carbocycles. The first-order valence-corrected chi connectivity index (χ1v) is 9.53. The maximum absolute atomic E-state index is 12.6. The fraction of sp³-hybridized carbons (Fsp3) is 0.200. The monoisotopic (exact) mass is 441 g/mol. The molecule has 0 saturated carbocycles. The van der Waals surface area contributed by atoms with Crippen LogP contribution in [0.3, 0.4) is 0 Å². The molecule has 28 heavy (non-hydrogen) atoms. The zero-order valence-corrected chi connectivity index (χ0v) is 16.4. The van der Waals surface area contributed by atoms with Crippen LogP contribution in [-0.2, 0) is 10.4 Å². The molecule has 0 radical (unpaired) electrons. The summed E-state index contributed by atoms with van der Waals surface area (Å²) >= 11 is 3.42. The van der Waals surface area contributed by atoms with Crippen molar-refractivity contribution in [1.82, 2.24) is 10.2 Å². The molecule has 3 aromatic rings. The minimum Gasteiger partial charge on any atom is -0.493 e. The summed E-state index contributed by atoms with van der Waals surface area (Å²) in [5.74, 6) is 0.387. The van der Waals surface area contributed by atoms with Crippen molar-refractivity contribution in [3.05, 3.63) is 58.1 Å². The van der Waals surface area contributed by atoms with Gasteiger partial charge in [-0.3, -0.25) is 5.10 Å². The predicted octanol–water partition coefficient (Wildman–Crippen LogP) is 4.08. The van der Waals surface area contributed by atoms with Crippen molar-refractivity contribution in [3.63, 3.8) is 0 Å². The Kier molecular flexibility index (Phi) is 3.67. The summed E-state index contributed by atoms with van der Waals surface area (Å²) in [4.78, 5) is 12.6. The Labute approximate surface area is 168 Å². The molecule has 0 aliphatic carbocycles. The average Bonchev–Trinajstić information content (AvgIpc) is 3.12. The highest BCUT2D eigenvalue weighted by Crippen LogP contribution is 2.55. The van der Waals surface area contributed by atoms with E-state index in [1.807, 2.05) is 36.4 Å². The maximum atomic E-state index is 12.6. The number of aliphatic carboxylic acids is 1. The van der Waals surface area contributed by atoms with Gasteiger partial charge in [0.15, 0.2) is 17.3 Å². The molecule has 2 aliphatic heterocycles. The molecule has 7 nitrogen and oxygen atoms in total. The van der Waals surface area contributed by atoms with Gasteiger partial charge >= 0.3 is 5.97 Å². The van der Waals surface area contributed by atoms with Crippen molar-refractivity contribution in [1.29, 1.82) is 0 Å². The Morgan fingerprint density at radius 3 is 2.82 bits per heavy atom. The molecule has 8 heteroatoms. The standard InChI is InChI=1S/C20H16BrN3O4/c1-27-14-4-2-3-12-13-9-20(19(25)26,28-17(12)14)15-16(23-24-18(15)22-13)10-5-7-11(21)8-6-10/h2-8,13H,9H2,1H3,(H,25,26)(H2,22,23,24). The van der Waals surface area contributed by atoms with Gasteiger partial charge in [-0.1, -0.05) is 40.2 Å². The number of anilines is 1. The fourth-order valence-corrected chi connectivity index (χ4v) is 4.30. The number of hydrogen-bond donors (Lipinski definition) is 3. The largest absolute Gasteiger partial charge is 0.493 e. The molecule has 0 fully saturated rings. The second kappa shape index (κ2) is 6.00. The quantitative estimate of drug-likeness (QED) is 0.566. The third kappa shape index (κ3) is 2.27. The van der Waals surface area contributed by atoms with Gasteiger partial charge < -0.3 is 19.9 Å². The summed E-state index contributed by atoms with van der Waals surface area (Å²) in [6, 6.07) is 12.9. The van der Waals surface area contributed by atoms with Crippen LogP contribution in [0, 0.1) is 0 Å². The third-order valence-corrected chi connectivity index (χ3v) is 5.86. The lowest BCUT2D eigenvalue weighted by Gasteiger charge is -2.43. The van der Waals surface area contributed by atoms with Crippen LogP contribution in [-0.4, -0.2) is 28.4 Å². The number of rotatable bonds is 3. The summed E-state index contributed by atoms with van der Waals surface area (Å²) in [6.07, 6.45) is 0.249. The van der Waals surface area contributed by atoms with Gasteiger partial charge in [0.25, 0.3) is 0 Å². The molecular weight excluding hydrogens is 426 g/mol. The second-order valence-corrected chi connectivity index (χ2v) is 7.76. The van der Waals surface area contributed by atoms with Crippen LogP contribution < -0.4 is 14.8 Å². The Hall–Kier alpha value is -3.00. The van der Waals surface area contributed by atoms with Crippen LogP contribution in [0.25, 0.3) is 11.3 Å². The molecule has 142 valence electrons. The lowest BCUT2D eigenvalue weighted by Crippen LogP contribution is -2.50. The number of nitrogens with zero attached hydrogens (tertiary/aromatic N) is 1. The zero-order chi connectivity index (χ0) is 19.5. The van der Waals surface area contributed by atoms with Gasteiger partial charge in [0.1, 0.15) is 0 Å². The van der Waals surface area contributed by atoms with Crippen LogP contribution in [0.15, 0.2) is 46.9 Å². The first kappa shape index (κ1) is 17.1. The number of halogens is 1. The van der Waals surface area contributed by atoms with Crippen molar-refractivity contribution in [2.75, 3.05) is 12.4 Å². The van der Waals surface area contributed by atoms with Gasteiger partial charge in [0.05, 0.1) is 24.4 Å². The number of aromatic amines is 1. The fourth-order valence-electron chi connectivity index (χ4n) is 4.04. The summed E-state index contributed by atoms with van der Waals surface area (Å²) in [6.45, 7) is 0. The molecule has 3 N–H and O–H groups in total. The van der Waals surface area contributed by atoms with Crippen LogP contribution in [0.2, 0.25) is 0 Å². The molecule has 2 atom stereocenters. The minimum atomic E-state index is -1.57.